The zero-order chi connectivity index (χ0) is 14.9. The van der Waals surface area contributed by atoms with Crippen molar-refractivity contribution >= 4 is 21.4 Å². The van der Waals surface area contributed by atoms with E-state index in [1.54, 1.807) is 0 Å². The first-order chi connectivity index (χ1) is 9.29. The number of rotatable bonds is 3. The van der Waals surface area contributed by atoms with E-state index in [1.807, 2.05) is 4.72 Å². The van der Waals surface area contributed by atoms with Gasteiger partial charge in [0.15, 0.2) is 4.90 Å². The van der Waals surface area contributed by atoms with Crippen LogP contribution in [0.5, 0.6) is 5.75 Å². The van der Waals surface area contributed by atoms with Crippen LogP contribution in [0, 0.1) is 11.6 Å². The maximum Gasteiger partial charge on any atom is 0.267 e. The molecule has 0 spiro atoms. The largest absolute Gasteiger partial charge is 0.508 e. The number of nitrogens with two attached hydrogens (primary N) is 1. The van der Waals surface area contributed by atoms with Crippen LogP contribution in [0.3, 0.4) is 0 Å². The van der Waals surface area contributed by atoms with E-state index in [4.69, 9.17) is 5.73 Å². The molecule has 2 aromatic rings. The molecule has 0 radical (unpaired) electrons. The molecule has 0 aliphatic rings. The van der Waals surface area contributed by atoms with E-state index < -0.39 is 26.6 Å². The van der Waals surface area contributed by atoms with Crippen LogP contribution in [0.1, 0.15) is 0 Å². The van der Waals surface area contributed by atoms with Gasteiger partial charge in [-0.25, -0.2) is 17.2 Å². The number of benzene rings is 2. The summed E-state index contributed by atoms with van der Waals surface area (Å²) in [7, 11) is -4.47. The van der Waals surface area contributed by atoms with Crippen molar-refractivity contribution in [2.75, 3.05) is 10.5 Å². The Morgan fingerprint density at radius 2 is 1.70 bits per heavy atom. The zero-order valence-electron chi connectivity index (χ0n) is 9.97. The molecule has 0 aliphatic carbocycles. The van der Waals surface area contributed by atoms with Crippen LogP contribution in [0.2, 0.25) is 0 Å². The Labute approximate surface area is 113 Å². The second kappa shape index (κ2) is 4.97. The zero-order valence-corrected chi connectivity index (χ0v) is 10.8. The summed E-state index contributed by atoms with van der Waals surface area (Å²) < 4.78 is 53.1. The maximum absolute atomic E-state index is 13.6. The molecule has 0 heterocycles. The quantitative estimate of drug-likeness (QED) is 0.756. The molecule has 0 aliphatic heterocycles. The topological polar surface area (TPSA) is 92.4 Å². The van der Waals surface area contributed by atoms with Gasteiger partial charge >= 0.3 is 0 Å². The number of aromatic hydroxyl groups is 1. The van der Waals surface area contributed by atoms with Crippen molar-refractivity contribution < 1.29 is 22.3 Å². The van der Waals surface area contributed by atoms with Gasteiger partial charge in [-0.05, 0) is 24.3 Å². The van der Waals surface area contributed by atoms with E-state index in [0.717, 1.165) is 6.07 Å². The standard InChI is InChI=1S/C12H10F2N2O3S/c13-10-4-7(15)5-11(14)12(10)20(18,19)16-8-2-1-3-9(17)6-8/h1-6,16-17H,15H2. The first kappa shape index (κ1) is 14.1. The van der Waals surface area contributed by atoms with Crippen molar-refractivity contribution in [2.45, 2.75) is 4.90 Å². The summed E-state index contributed by atoms with van der Waals surface area (Å²) in [5, 5.41) is 9.23. The molecule has 8 heteroatoms. The van der Waals surface area contributed by atoms with E-state index >= 15 is 0 Å². The second-order valence-electron chi connectivity index (χ2n) is 3.97. The van der Waals surface area contributed by atoms with Crippen LogP contribution < -0.4 is 10.5 Å². The summed E-state index contributed by atoms with van der Waals surface area (Å²) in [4.78, 5) is -1.13. The number of halogens is 2. The highest BCUT2D eigenvalue weighted by molar-refractivity contribution is 7.92. The molecule has 0 saturated heterocycles. The summed E-state index contributed by atoms with van der Waals surface area (Å²) in [6.45, 7) is 0. The first-order valence-electron chi connectivity index (χ1n) is 5.36. The lowest BCUT2D eigenvalue weighted by molar-refractivity contribution is 0.475. The molecule has 4 N–H and O–H groups in total. The van der Waals surface area contributed by atoms with Crippen LogP contribution >= 0.6 is 0 Å². The number of nitrogen functional groups attached to an aromatic ring is 1. The third kappa shape index (κ3) is 2.80. The highest BCUT2D eigenvalue weighted by Gasteiger charge is 2.24. The van der Waals surface area contributed by atoms with E-state index in [2.05, 4.69) is 0 Å². The first-order valence-corrected chi connectivity index (χ1v) is 6.84. The number of hydrogen-bond acceptors (Lipinski definition) is 4. The SMILES string of the molecule is Nc1cc(F)c(S(=O)(=O)Nc2cccc(O)c2)c(F)c1. The third-order valence-electron chi connectivity index (χ3n) is 2.39. The smallest absolute Gasteiger partial charge is 0.267 e. The average Bonchev–Trinajstić information content (AvgIpc) is 2.25. The summed E-state index contributed by atoms with van der Waals surface area (Å²) in [5.74, 6) is -2.78. The van der Waals surface area contributed by atoms with Crippen LogP contribution in [0.25, 0.3) is 0 Å². The molecule has 0 amide bonds. The highest BCUT2D eigenvalue weighted by atomic mass is 32.2. The molecule has 0 bridgehead atoms. The van der Waals surface area contributed by atoms with Gasteiger partial charge in [0, 0.05) is 11.8 Å². The van der Waals surface area contributed by atoms with Crippen molar-refractivity contribution in [3.63, 3.8) is 0 Å². The van der Waals surface area contributed by atoms with E-state index in [9.17, 15) is 22.3 Å². The Bertz CT molecular complexity index is 740. The lowest BCUT2D eigenvalue weighted by Gasteiger charge is -2.10. The fraction of sp³-hybridized carbons (Fsp3) is 0. The normalized spacial score (nSPS) is 11.3. The van der Waals surface area contributed by atoms with Gasteiger partial charge in [-0.2, -0.15) is 0 Å². The number of phenols is 1. The minimum absolute atomic E-state index is 0.0272. The number of anilines is 2. The minimum atomic E-state index is -4.47. The molecule has 0 aromatic heterocycles. The van der Waals surface area contributed by atoms with Crippen LogP contribution in [-0.2, 0) is 10.0 Å². The number of hydrogen-bond donors (Lipinski definition) is 3. The van der Waals surface area contributed by atoms with Gasteiger partial charge in [0.05, 0.1) is 5.69 Å². The number of phenolic OH excluding ortho intramolecular Hbond substituents is 1. The Kier molecular flexibility index (Phi) is 3.49. The van der Waals surface area contributed by atoms with E-state index in [1.165, 1.54) is 18.2 Å². The molecule has 0 saturated carbocycles. The monoisotopic (exact) mass is 300 g/mol. The van der Waals surface area contributed by atoms with Crippen LogP contribution in [-0.4, -0.2) is 13.5 Å². The molecule has 20 heavy (non-hydrogen) atoms. The van der Waals surface area contributed by atoms with Crippen LogP contribution in [0.15, 0.2) is 41.3 Å². The molecular weight excluding hydrogens is 290 g/mol. The van der Waals surface area contributed by atoms with E-state index in [-0.39, 0.29) is 17.1 Å². The summed E-state index contributed by atoms with van der Waals surface area (Å²) in [6.07, 6.45) is 0. The van der Waals surface area contributed by atoms with Gasteiger partial charge in [-0.3, -0.25) is 4.72 Å². The van der Waals surface area contributed by atoms with Crippen molar-refractivity contribution in [2.24, 2.45) is 0 Å². The molecule has 2 aromatic carbocycles. The lowest BCUT2D eigenvalue weighted by atomic mass is 10.3. The molecule has 0 fully saturated rings. The van der Waals surface area contributed by atoms with Gasteiger partial charge in [0.1, 0.15) is 17.4 Å². The third-order valence-corrected chi connectivity index (χ3v) is 3.82. The lowest BCUT2D eigenvalue weighted by Crippen LogP contribution is -2.16. The summed E-state index contributed by atoms with van der Waals surface area (Å²) in [6, 6.07) is 6.54. The average molecular weight is 300 g/mol. The Morgan fingerprint density at radius 1 is 1.10 bits per heavy atom. The number of nitrogens with one attached hydrogen (secondary N) is 1. The molecule has 2 rings (SSSR count). The molecule has 5 nitrogen and oxygen atoms in total. The van der Waals surface area contributed by atoms with Gasteiger partial charge in [0.2, 0.25) is 0 Å². The minimum Gasteiger partial charge on any atom is -0.508 e. The van der Waals surface area contributed by atoms with E-state index in [0.29, 0.717) is 12.1 Å². The molecule has 0 unspecified atom stereocenters. The molecular formula is C12H10F2N2O3S. The summed E-state index contributed by atoms with van der Waals surface area (Å²) in [5.41, 5.74) is 4.96. The molecule has 106 valence electrons. The number of sulfonamides is 1. The summed E-state index contributed by atoms with van der Waals surface area (Å²) >= 11 is 0. The fourth-order valence-electron chi connectivity index (χ4n) is 1.61. The van der Waals surface area contributed by atoms with Crippen molar-refractivity contribution in [3.05, 3.63) is 48.0 Å². The van der Waals surface area contributed by atoms with Gasteiger partial charge in [0.25, 0.3) is 10.0 Å². The van der Waals surface area contributed by atoms with Crippen molar-refractivity contribution in [1.29, 1.82) is 0 Å². The Morgan fingerprint density at radius 3 is 2.25 bits per heavy atom. The fourth-order valence-corrected chi connectivity index (χ4v) is 2.78. The Hall–Kier alpha value is -2.35. The van der Waals surface area contributed by atoms with Crippen molar-refractivity contribution in [1.82, 2.24) is 0 Å². The van der Waals surface area contributed by atoms with Gasteiger partial charge in [-0.15, -0.1) is 0 Å². The van der Waals surface area contributed by atoms with Gasteiger partial charge < -0.3 is 10.8 Å². The Balaban J connectivity index is 2.46. The molecule has 0 atom stereocenters. The maximum atomic E-state index is 13.6. The second-order valence-corrected chi connectivity index (χ2v) is 5.59. The predicted molar refractivity (Wildman–Crippen MR) is 69.7 cm³/mol. The highest BCUT2D eigenvalue weighted by Crippen LogP contribution is 2.25. The van der Waals surface area contributed by atoms with Gasteiger partial charge in [-0.1, -0.05) is 6.07 Å². The predicted octanol–water partition coefficient (Wildman–Crippen LogP) is 2.05. The van der Waals surface area contributed by atoms with Crippen molar-refractivity contribution in [3.8, 4) is 5.75 Å². The van der Waals surface area contributed by atoms with Crippen LogP contribution in [0.4, 0.5) is 20.2 Å².